The maximum atomic E-state index is 12.8. The van der Waals surface area contributed by atoms with Crippen molar-refractivity contribution >= 4 is 27.8 Å². The van der Waals surface area contributed by atoms with E-state index in [-0.39, 0.29) is 5.91 Å². The highest BCUT2D eigenvalue weighted by Crippen LogP contribution is 2.31. The number of hydrogen-bond acceptors (Lipinski definition) is 3. The van der Waals surface area contributed by atoms with Gasteiger partial charge < -0.3 is 23.9 Å². The van der Waals surface area contributed by atoms with Gasteiger partial charge in [0.15, 0.2) is 0 Å². The molecule has 3 aromatic rings. The minimum Gasteiger partial charge on any atom is -0.383 e. The average Bonchev–Trinajstić information content (AvgIpc) is 3.16. The third-order valence-electron chi connectivity index (χ3n) is 4.67. The van der Waals surface area contributed by atoms with Crippen LogP contribution in [0, 0.1) is 0 Å². The smallest absolute Gasteiger partial charge is 0.268 e. The van der Waals surface area contributed by atoms with E-state index in [2.05, 4.69) is 26.6 Å². The number of aryl methyl sites for hydroxylation is 1. The Morgan fingerprint density at radius 1 is 1.19 bits per heavy atom. The van der Waals surface area contributed by atoms with Gasteiger partial charge in [-0.25, -0.2) is 0 Å². The normalized spacial score (nSPS) is 11.5. The Labute approximate surface area is 153 Å². The zero-order valence-electron chi connectivity index (χ0n) is 15.7. The van der Waals surface area contributed by atoms with Gasteiger partial charge in [-0.2, -0.15) is 0 Å². The van der Waals surface area contributed by atoms with Crippen LogP contribution in [0.1, 0.15) is 23.8 Å². The van der Waals surface area contributed by atoms with Gasteiger partial charge in [-0.05, 0) is 25.5 Å². The predicted octanol–water partition coefficient (Wildman–Crippen LogP) is 2.94. The van der Waals surface area contributed by atoms with Crippen LogP contribution in [-0.2, 0) is 23.1 Å². The Morgan fingerprint density at radius 2 is 2.00 bits per heavy atom. The van der Waals surface area contributed by atoms with Gasteiger partial charge >= 0.3 is 0 Å². The number of nitrogens with one attached hydrogen (secondary N) is 1. The maximum Gasteiger partial charge on any atom is 0.268 e. The second-order valence-corrected chi connectivity index (χ2v) is 6.29. The number of fused-ring (bicyclic) bond motifs is 3. The number of aromatic nitrogens is 2. The number of hydrogen-bond donors (Lipinski definition) is 1. The molecule has 140 valence electrons. The molecule has 1 N–H and O–H groups in total. The van der Waals surface area contributed by atoms with E-state index in [4.69, 9.17) is 9.47 Å². The van der Waals surface area contributed by atoms with E-state index in [1.54, 1.807) is 7.11 Å². The number of benzene rings is 1. The lowest BCUT2D eigenvalue weighted by Crippen LogP contribution is -2.28. The lowest BCUT2D eigenvalue weighted by molar-refractivity contribution is 0.0933. The molecule has 2 aromatic heterocycles. The van der Waals surface area contributed by atoms with Crippen molar-refractivity contribution in [3.8, 4) is 0 Å². The first-order valence-electron chi connectivity index (χ1n) is 9.10. The van der Waals surface area contributed by atoms with E-state index >= 15 is 0 Å². The quantitative estimate of drug-likeness (QED) is 0.599. The van der Waals surface area contributed by atoms with Crippen LogP contribution in [0.4, 0.5) is 0 Å². The van der Waals surface area contributed by atoms with Crippen LogP contribution < -0.4 is 5.32 Å². The van der Waals surface area contributed by atoms with Crippen molar-refractivity contribution < 1.29 is 14.3 Å². The van der Waals surface area contributed by atoms with Gasteiger partial charge in [0.2, 0.25) is 0 Å². The molecule has 0 saturated carbocycles. The lowest BCUT2D eigenvalue weighted by atomic mass is 10.2. The molecule has 0 aliphatic carbocycles. The molecule has 0 fully saturated rings. The van der Waals surface area contributed by atoms with Crippen LogP contribution in [0.2, 0.25) is 0 Å². The monoisotopic (exact) mass is 357 g/mol. The van der Waals surface area contributed by atoms with Crippen molar-refractivity contribution in [3.63, 3.8) is 0 Å². The van der Waals surface area contributed by atoms with Gasteiger partial charge in [-0.3, -0.25) is 4.79 Å². The summed E-state index contributed by atoms with van der Waals surface area (Å²) in [6.07, 6.45) is 0.806. The van der Waals surface area contributed by atoms with Gasteiger partial charge in [-0.1, -0.05) is 18.2 Å². The second kappa shape index (κ2) is 8.38. The first kappa shape index (κ1) is 18.5. The fourth-order valence-corrected chi connectivity index (χ4v) is 3.38. The summed E-state index contributed by atoms with van der Waals surface area (Å²) in [4.78, 5) is 12.8. The van der Waals surface area contributed by atoms with Gasteiger partial charge in [-0.15, -0.1) is 0 Å². The zero-order valence-corrected chi connectivity index (χ0v) is 15.7. The molecule has 0 saturated heterocycles. The number of rotatable bonds is 9. The van der Waals surface area contributed by atoms with Gasteiger partial charge in [0.1, 0.15) is 5.69 Å². The average molecular weight is 357 g/mol. The number of carbonyl (C=O) groups excluding carboxylic acids is 1. The molecule has 6 heteroatoms. The van der Waals surface area contributed by atoms with Crippen molar-refractivity contribution in [1.82, 2.24) is 14.5 Å². The van der Waals surface area contributed by atoms with Gasteiger partial charge in [0.05, 0.1) is 23.2 Å². The molecule has 0 radical (unpaired) electrons. The summed E-state index contributed by atoms with van der Waals surface area (Å²) >= 11 is 0. The van der Waals surface area contributed by atoms with Crippen molar-refractivity contribution in [3.05, 3.63) is 36.0 Å². The molecule has 3 rings (SSSR count). The topological polar surface area (TPSA) is 57.4 Å². The Morgan fingerprint density at radius 3 is 2.77 bits per heavy atom. The number of para-hydroxylation sites is 1. The molecule has 1 amide bonds. The van der Waals surface area contributed by atoms with Crippen molar-refractivity contribution in [2.24, 2.45) is 7.05 Å². The molecule has 0 atom stereocenters. The van der Waals surface area contributed by atoms with Crippen molar-refractivity contribution in [2.45, 2.75) is 19.9 Å². The minimum absolute atomic E-state index is 0.0575. The molecule has 6 nitrogen and oxygen atoms in total. The highest BCUT2D eigenvalue weighted by molar-refractivity contribution is 6.10. The first-order chi connectivity index (χ1) is 12.7. The van der Waals surface area contributed by atoms with Crippen LogP contribution in [0.3, 0.4) is 0 Å². The van der Waals surface area contributed by atoms with E-state index in [1.807, 2.05) is 32.2 Å². The predicted molar refractivity (Wildman–Crippen MR) is 104 cm³/mol. The summed E-state index contributed by atoms with van der Waals surface area (Å²) in [6, 6.07) is 10.2. The SMILES string of the molecule is CCOCCCNC(=O)c1cc2c(c3ccccc3n2C)n1CCOC. The largest absolute Gasteiger partial charge is 0.383 e. The Hall–Kier alpha value is -2.31. The minimum atomic E-state index is -0.0575. The summed E-state index contributed by atoms with van der Waals surface area (Å²) in [5.41, 5.74) is 3.97. The van der Waals surface area contributed by atoms with Crippen LogP contribution in [-0.4, -0.2) is 48.5 Å². The second-order valence-electron chi connectivity index (χ2n) is 6.29. The number of amides is 1. The lowest BCUT2D eigenvalue weighted by Gasteiger charge is -2.11. The van der Waals surface area contributed by atoms with E-state index in [0.29, 0.717) is 38.6 Å². The number of methoxy groups -OCH3 is 1. The van der Waals surface area contributed by atoms with E-state index in [0.717, 1.165) is 28.4 Å². The van der Waals surface area contributed by atoms with Gasteiger partial charge in [0, 0.05) is 45.8 Å². The molecule has 1 aromatic carbocycles. The third kappa shape index (κ3) is 3.48. The Kier molecular flexibility index (Phi) is 5.96. The maximum absolute atomic E-state index is 12.8. The molecule has 2 heterocycles. The standard InChI is InChI=1S/C20H27N3O3/c1-4-26-12-7-10-21-20(24)18-14-17-19(23(18)11-13-25-3)15-8-5-6-9-16(15)22(17)2/h5-6,8-9,14H,4,7,10-13H2,1-3H3,(H,21,24). The molecular weight excluding hydrogens is 330 g/mol. The summed E-state index contributed by atoms with van der Waals surface area (Å²) in [7, 11) is 3.71. The Balaban J connectivity index is 1.94. The molecule has 0 unspecified atom stereocenters. The molecule has 0 spiro atoms. The summed E-state index contributed by atoms with van der Waals surface area (Å²) < 4.78 is 14.8. The number of ether oxygens (including phenoxy) is 2. The molecular formula is C20H27N3O3. The van der Waals surface area contributed by atoms with Crippen LogP contribution >= 0.6 is 0 Å². The highest BCUT2D eigenvalue weighted by Gasteiger charge is 2.20. The van der Waals surface area contributed by atoms with E-state index in [1.165, 1.54) is 0 Å². The molecule has 0 aliphatic heterocycles. The fourth-order valence-electron chi connectivity index (χ4n) is 3.38. The van der Waals surface area contributed by atoms with Crippen LogP contribution in [0.15, 0.2) is 30.3 Å². The molecule has 0 bridgehead atoms. The van der Waals surface area contributed by atoms with Crippen LogP contribution in [0.5, 0.6) is 0 Å². The summed E-state index contributed by atoms with van der Waals surface area (Å²) in [5.74, 6) is -0.0575. The summed E-state index contributed by atoms with van der Waals surface area (Å²) in [5, 5.41) is 4.15. The molecule has 26 heavy (non-hydrogen) atoms. The van der Waals surface area contributed by atoms with E-state index in [9.17, 15) is 4.79 Å². The fraction of sp³-hybridized carbons (Fsp3) is 0.450. The first-order valence-corrected chi connectivity index (χ1v) is 9.10. The zero-order chi connectivity index (χ0) is 18.5. The number of carbonyl (C=O) groups is 1. The Bertz CT molecular complexity index is 895. The summed E-state index contributed by atoms with van der Waals surface area (Å²) in [6.45, 7) is 5.12. The van der Waals surface area contributed by atoms with Crippen molar-refractivity contribution in [1.29, 1.82) is 0 Å². The van der Waals surface area contributed by atoms with Crippen LogP contribution in [0.25, 0.3) is 21.9 Å². The number of nitrogens with zero attached hydrogens (tertiary/aromatic N) is 2. The third-order valence-corrected chi connectivity index (χ3v) is 4.67. The highest BCUT2D eigenvalue weighted by atomic mass is 16.5. The molecule has 0 aliphatic rings. The van der Waals surface area contributed by atoms with E-state index < -0.39 is 0 Å². The van der Waals surface area contributed by atoms with Gasteiger partial charge in [0.25, 0.3) is 5.91 Å². The van der Waals surface area contributed by atoms with Crippen molar-refractivity contribution in [2.75, 3.05) is 33.5 Å².